The lowest BCUT2D eigenvalue weighted by Gasteiger charge is -2.09. The molecule has 2 aromatic rings. The van der Waals surface area contributed by atoms with Gasteiger partial charge in [-0.25, -0.2) is 4.39 Å². The second kappa shape index (κ2) is 6.69. The van der Waals surface area contributed by atoms with Gasteiger partial charge in [0.05, 0.1) is 11.6 Å². The van der Waals surface area contributed by atoms with Crippen LogP contribution in [-0.4, -0.2) is 7.05 Å². The summed E-state index contributed by atoms with van der Waals surface area (Å²) < 4.78 is 19.3. The average Bonchev–Trinajstić information content (AvgIpc) is 2.47. The molecular formula is C16H15FN2O. The van der Waals surface area contributed by atoms with E-state index in [4.69, 9.17) is 10.00 Å². The second-order valence-electron chi connectivity index (χ2n) is 4.40. The fourth-order valence-electron chi connectivity index (χ4n) is 1.87. The summed E-state index contributed by atoms with van der Waals surface area (Å²) in [4.78, 5) is 0. The molecule has 0 aliphatic carbocycles. The van der Waals surface area contributed by atoms with Crippen LogP contribution in [0.5, 0.6) is 5.75 Å². The van der Waals surface area contributed by atoms with Crippen LogP contribution >= 0.6 is 0 Å². The number of ether oxygens (including phenoxy) is 1. The highest BCUT2D eigenvalue weighted by molar-refractivity contribution is 5.33. The van der Waals surface area contributed by atoms with Crippen molar-refractivity contribution < 1.29 is 9.13 Å². The molecule has 0 saturated heterocycles. The zero-order chi connectivity index (χ0) is 14.4. The monoisotopic (exact) mass is 270 g/mol. The molecule has 0 atom stereocenters. The van der Waals surface area contributed by atoms with E-state index >= 15 is 0 Å². The van der Waals surface area contributed by atoms with Crippen LogP contribution in [0.15, 0.2) is 42.5 Å². The van der Waals surface area contributed by atoms with Gasteiger partial charge in [-0.2, -0.15) is 5.26 Å². The molecule has 102 valence electrons. The molecule has 0 radical (unpaired) electrons. The lowest BCUT2D eigenvalue weighted by molar-refractivity contribution is 0.290. The third kappa shape index (κ3) is 3.56. The van der Waals surface area contributed by atoms with Crippen molar-refractivity contribution in [2.75, 3.05) is 7.05 Å². The Labute approximate surface area is 117 Å². The fourth-order valence-corrected chi connectivity index (χ4v) is 1.87. The van der Waals surface area contributed by atoms with Gasteiger partial charge < -0.3 is 10.1 Å². The summed E-state index contributed by atoms with van der Waals surface area (Å²) in [5.74, 6) is -0.165. The Morgan fingerprint density at radius 2 is 2.05 bits per heavy atom. The van der Waals surface area contributed by atoms with Crippen molar-refractivity contribution in [3.05, 3.63) is 65.0 Å². The third-order valence-electron chi connectivity index (χ3n) is 2.83. The van der Waals surface area contributed by atoms with Crippen LogP contribution in [0.2, 0.25) is 0 Å². The first-order valence-corrected chi connectivity index (χ1v) is 6.28. The number of nitriles is 1. The summed E-state index contributed by atoms with van der Waals surface area (Å²) >= 11 is 0. The van der Waals surface area contributed by atoms with E-state index in [1.807, 2.05) is 19.2 Å². The van der Waals surface area contributed by atoms with Gasteiger partial charge in [0.15, 0.2) is 11.6 Å². The van der Waals surface area contributed by atoms with Crippen molar-refractivity contribution in [3.63, 3.8) is 0 Å². The van der Waals surface area contributed by atoms with Gasteiger partial charge in [0.25, 0.3) is 0 Å². The van der Waals surface area contributed by atoms with E-state index in [1.165, 1.54) is 6.07 Å². The van der Waals surface area contributed by atoms with E-state index in [0.717, 1.165) is 11.1 Å². The number of halogens is 1. The molecule has 0 amide bonds. The molecule has 0 unspecified atom stereocenters. The largest absolute Gasteiger partial charge is 0.486 e. The molecule has 0 aromatic heterocycles. The number of benzene rings is 2. The summed E-state index contributed by atoms with van der Waals surface area (Å²) in [7, 11) is 1.81. The van der Waals surface area contributed by atoms with Gasteiger partial charge in [0.2, 0.25) is 0 Å². The molecular weight excluding hydrogens is 255 g/mol. The van der Waals surface area contributed by atoms with Gasteiger partial charge in [-0.05, 0) is 42.4 Å². The number of rotatable bonds is 5. The number of hydrogen-bond acceptors (Lipinski definition) is 3. The molecule has 20 heavy (non-hydrogen) atoms. The SMILES string of the molecule is CNCc1ccc(OCc2cccc(C#N)c2)c(F)c1. The number of hydrogen-bond donors (Lipinski definition) is 1. The van der Waals surface area contributed by atoms with E-state index in [1.54, 1.807) is 24.3 Å². The maximum absolute atomic E-state index is 13.8. The van der Waals surface area contributed by atoms with Gasteiger partial charge in [0, 0.05) is 6.54 Å². The molecule has 0 saturated carbocycles. The Morgan fingerprint density at radius 1 is 1.20 bits per heavy atom. The molecule has 0 bridgehead atoms. The molecule has 2 aromatic carbocycles. The lowest BCUT2D eigenvalue weighted by atomic mass is 10.1. The van der Waals surface area contributed by atoms with E-state index in [9.17, 15) is 4.39 Å². The highest BCUT2D eigenvalue weighted by Gasteiger charge is 2.05. The van der Waals surface area contributed by atoms with E-state index in [-0.39, 0.29) is 18.2 Å². The quantitative estimate of drug-likeness (QED) is 0.908. The molecule has 0 aliphatic heterocycles. The molecule has 0 aliphatic rings. The van der Waals surface area contributed by atoms with E-state index < -0.39 is 0 Å². The molecule has 0 heterocycles. The Balaban J connectivity index is 2.05. The van der Waals surface area contributed by atoms with Crippen LogP contribution in [0.4, 0.5) is 4.39 Å². The lowest BCUT2D eigenvalue weighted by Crippen LogP contribution is -2.05. The Kier molecular flexibility index (Phi) is 4.70. The molecule has 0 fully saturated rings. The van der Waals surface area contributed by atoms with E-state index in [2.05, 4.69) is 11.4 Å². The molecule has 1 N–H and O–H groups in total. The fraction of sp³-hybridized carbons (Fsp3) is 0.188. The van der Waals surface area contributed by atoms with Crippen molar-refractivity contribution in [3.8, 4) is 11.8 Å². The van der Waals surface area contributed by atoms with Crippen LogP contribution < -0.4 is 10.1 Å². The minimum Gasteiger partial charge on any atom is -0.486 e. The standard InChI is InChI=1S/C16H15FN2O/c1-19-10-13-5-6-16(15(17)8-13)20-11-14-4-2-3-12(7-14)9-18/h2-8,19H,10-11H2,1H3. The number of nitrogens with zero attached hydrogens (tertiary/aromatic N) is 1. The van der Waals surface area contributed by atoms with Crippen molar-refractivity contribution in [2.45, 2.75) is 13.2 Å². The van der Waals surface area contributed by atoms with Crippen molar-refractivity contribution in [1.82, 2.24) is 5.32 Å². The predicted octanol–water partition coefficient (Wildman–Crippen LogP) is 3.00. The molecule has 0 spiro atoms. The van der Waals surface area contributed by atoms with Gasteiger partial charge >= 0.3 is 0 Å². The van der Waals surface area contributed by atoms with Crippen LogP contribution in [0.1, 0.15) is 16.7 Å². The van der Waals surface area contributed by atoms with Crippen LogP contribution in [0.25, 0.3) is 0 Å². The second-order valence-corrected chi connectivity index (χ2v) is 4.40. The summed E-state index contributed by atoms with van der Waals surface area (Å²) in [6, 6.07) is 14.0. The normalized spacial score (nSPS) is 10.1. The Hall–Kier alpha value is -2.38. The highest BCUT2D eigenvalue weighted by atomic mass is 19.1. The maximum Gasteiger partial charge on any atom is 0.165 e. The molecule has 4 heteroatoms. The smallest absolute Gasteiger partial charge is 0.165 e. The minimum atomic E-state index is -0.380. The number of nitrogens with one attached hydrogen (secondary N) is 1. The topological polar surface area (TPSA) is 45.0 Å². The van der Waals surface area contributed by atoms with Gasteiger partial charge in [0.1, 0.15) is 6.61 Å². The zero-order valence-corrected chi connectivity index (χ0v) is 11.2. The van der Waals surface area contributed by atoms with Crippen LogP contribution in [-0.2, 0) is 13.2 Å². The molecule has 3 nitrogen and oxygen atoms in total. The van der Waals surface area contributed by atoms with Crippen molar-refractivity contribution in [2.24, 2.45) is 0 Å². The zero-order valence-electron chi connectivity index (χ0n) is 11.2. The van der Waals surface area contributed by atoms with Gasteiger partial charge in [-0.15, -0.1) is 0 Å². The summed E-state index contributed by atoms with van der Waals surface area (Å²) in [5.41, 5.74) is 2.27. The Morgan fingerprint density at radius 3 is 2.75 bits per heavy atom. The maximum atomic E-state index is 13.8. The van der Waals surface area contributed by atoms with Gasteiger partial charge in [-0.3, -0.25) is 0 Å². The molecule has 2 rings (SSSR count). The predicted molar refractivity (Wildman–Crippen MR) is 74.7 cm³/mol. The minimum absolute atomic E-state index is 0.215. The summed E-state index contributed by atoms with van der Waals surface area (Å²) in [6.45, 7) is 0.846. The van der Waals surface area contributed by atoms with Gasteiger partial charge in [-0.1, -0.05) is 18.2 Å². The Bertz CT molecular complexity index is 635. The van der Waals surface area contributed by atoms with Crippen LogP contribution in [0.3, 0.4) is 0 Å². The summed E-state index contributed by atoms with van der Waals surface area (Å²) in [5, 5.41) is 11.8. The first-order chi connectivity index (χ1) is 9.72. The van der Waals surface area contributed by atoms with Crippen molar-refractivity contribution >= 4 is 0 Å². The average molecular weight is 270 g/mol. The highest BCUT2D eigenvalue weighted by Crippen LogP contribution is 2.20. The third-order valence-corrected chi connectivity index (χ3v) is 2.83. The first kappa shape index (κ1) is 14.0. The van der Waals surface area contributed by atoms with E-state index in [0.29, 0.717) is 12.1 Å². The van der Waals surface area contributed by atoms with Crippen molar-refractivity contribution in [1.29, 1.82) is 5.26 Å². The summed E-state index contributed by atoms with van der Waals surface area (Å²) in [6.07, 6.45) is 0. The van der Waals surface area contributed by atoms with Crippen LogP contribution in [0, 0.1) is 17.1 Å². The first-order valence-electron chi connectivity index (χ1n) is 6.28.